The van der Waals surface area contributed by atoms with Gasteiger partial charge in [0.2, 0.25) is 5.91 Å². The summed E-state index contributed by atoms with van der Waals surface area (Å²) >= 11 is 1.38. The average molecular weight is 347 g/mol. The summed E-state index contributed by atoms with van der Waals surface area (Å²) < 4.78 is 5.31. The Morgan fingerprint density at radius 1 is 1.38 bits per heavy atom. The molecule has 24 heavy (non-hydrogen) atoms. The Hall–Kier alpha value is -1.86. The van der Waals surface area contributed by atoms with Crippen LogP contribution in [0, 0.1) is 13.8 Å². The van der Waals surface area contributed by atoms with E-state index in [1.54, 1.807) is 0 Å². The number of morpholine rings is 1. The van der Waals surface area contributed by atoms with Gasteiger partial charge in [-0.15, -0.1) is 0 Å². The quantitative estimate of drug-likeness (QED) is 0.905. The number of hydrogen-bond acceptors (Lipinski definition) is 5. The minimum absolute atomic E-state index is 0.133. The number of aryl methyl sites for hydroxylation is 2. The molecule has 0 aliphatic carbocycles. The zero-order chi connectivity index (χ0) is 17.1. The lowest BCUT2D eigenvalue weighted by molar-refractivity contribution is -0.121. The number of benzene rings is 1. The predicted molar refractivity (Wildman–Crippen MR) is 95.4 cm³/mol. The second-order valence-electron chi connectivity index (χ2n) is 6.01. The number of nitrogens with zero attached hydrogens (tertiary/aromatic N) is 2. The highest BCUT2D eigenvalue weighted by atomic mass is 32.2. The van der Waals surface area contributed by atoms with Crippen LogP contribution in [0.4, 0.5) is 5.69 Å². The van der Waals surface area contributed by atoms with E-state index < -0.39 is 5.25 Å². The van der Waals surface area contributed by atoms with Crippen molar-refractivity contribution in [1.29, 1.82) is 0 Å². The summed E-state index contributed by atoms with van der Waals surface area (Å²) in [5.74, 6) is -0.386. The molecule has 2 aliphatic rings. The molecule has 2 amide bonds. The van der Waals surface area contributed by atoms with Crippen molar-refractivity contribution in [1.82, 2.24) is 4.90 Å². The van der Waals surface area contributed by atoms with Crippen molar-refractivity contribution in [2.45, 2.75) is 25.5 Å². The second-order valence-corrected chi connectivity index (χ2v) is 7.18. The maximum absolute atomic E-state index is 12.3. The lowest BCUT2D eigenvalue weighted by Crippen LogP contribution is -2.39. The van der Waals surface area contributed by atoms with Gasteiger partial charge in [-0.1, -0.05) is 29.5 Å². The molecule has 128 valence electrons. The van der Waals surface area contributed by atoms with Crippen molar-refractivity contribution in [3.8, 4) is 0 Å². The number of aliphatic imine (C=N–C) groups is 1. The molecule has 3 rings (SSSR count). The van der Waals surface area contributed by atoms with E-state index >= 15 is 0 Å². The van der Waals surface area contributed by atoms with Gasteiger partial charge in [-0.25, -0.2) is 0 Å². The van der Waals surface area contributed by atoms with Gasteiger partial charge >= 0.3 is 0 Å². The smallest absolute Gasteiger partial charge is 0.262 e. The number of amidine groups is 1. The van der Waals surface area contributed by atoms with Gasteiger partial charge in [-0.05, 0) is 25.5 Å². The molecule has 0 spiro atoms. The van der Waals surface area contributed by atoms with Gasteiger partial charge in [0.25, 0.3) is 5.91 Å². The maximum atomic E-state index is 12.3. The van der Waals surface area contributed by atoms with E-state index in [0.29, 0.717) is 18.4 Å². The second kappa shape index (κ2) is 7.36. The summed E-state index contributed by atoms with van der Waals surface area (Å²) in [6.45, 7) is 6.73. The van der Waals surface area contributed by atoms with Crippen molar-refractivity contribution >= 4 is 34.4 Å². The van der Waals surface area contributed by atoms with Gasteiger partial charge in [-0.2, -0.15) is 4.99 Å². The maximum Gasteiger partial charge on any atom is 0.262 e. The first-order chi connectivity index (χ1) is 11.5. The number of hydrogen-bond donors (Lipinski definition) is 1. The van der Waals surface area contributed by atoms with Gasteiger partial charge in [-0.3, -0.25) is 9.59 Å². The summed E-state index contributed by atoms with van der Waals surface area (Å²) in [4.78, 5) is 30.5. The number of rotatable bonds is 3. The van der Waals surface area contributed by atoms with Crippen LogP contribution >= 0.6 is 11.8 Å². The SMILES string of the molecule is Cc1ccc(NC(=O)C[C@H]2SC(N3CCOCC3)=NC2=O)c(C)c1. The van der Waals surface area contributed by atoms with E-state index in [2.05, 4.69) is 10.3 Å². The van der Waals surface area contributed by atoms with Crippen LogP contribution in [0.15, 0.2) is 23.2 Å². The van der Waals surface area contributed by atoms with Crippen molar-refractivity contribution in [3.63, 3.8) is 0 Å². The first-order valence-electron chi connectivity index (χ1n) is 8.02. The standard InChI is InChI=1S/C17H21N3O3S/c1-11-3-4-13(12(2)9-11)18-15(21)10-14-16(22)19-17(24-14)20-5-7-23-8-6-20/h3-4,9,14H,5-8,10H2,1-2H3,(H,18,21)/t14-/m1/s1. The van der Waals surface area contributed by atoms with E-state index in [1.165, 1.54) is 11.8 Å². The van der Waals surface area contributed by atoms with Crippen LogP contribution in [-0.2, 0) is 14.3 Å². The Morgan fingerprint density at radius 3 is 2.83 bits per heavy atom. The minimum atomic E-state index is -0.436. The van der Waals surface area contributed by atoms with Crippen LogP contribution < -0.4 is 5.32 Å². The fourth-order valence-corrected chi connectivity index (χ4v) is 3.84. The Bertz CT molecular complexity index is 684. The van der Waals surface area contributed by atoms with E-state index in [4.69, 9.17) is 4.74 Å². The molecule has 1 aromatic rings. The zero-order valence-corrected chi connectivity index (χ0v) is 14.7. The van der Waals surface area contributed by atoms with Gasteiger partial charge in [0, 0.05) is 25.2 Å². The molecule has 0 unspecified atom stereocenters. The lowest BCUT2D eigenvalue weighted by atomic mass is 10.1. The molecule has 2 heterocycles. The summed E-state index contributed by atoms with van der Waals surface area (Å²) in [7, 11) is 0. The molecular weight excluding hydrogens is 326 g/mol. The summed E-state index contributed by atoms with van der Waals surface area (Å²) in [6.07, 6.45) is 0.133. The highest BCUT2D eigenvalue weighted by molar-refractivity contribution is 8.15. The lowest BCUT2D eigenvalue weighted by Gasteiger charge is -2.27. The van der Waals surface area contributed by atoms with Gasteiger partial charge in [0.1, 0.15) is 5.25 Å². The van der Waals surface area contributed by atoms with E-state index in [0.717, 1.165) is 29.9 Å². The largest absolute Gasteiger partial charge is 0.378 e. The van der Waals surface area contributed by atoms with E-state index in [1.807, 2.05) is 36.9 Å². The Morgan fingerprint density at radius 2 is 2.12 bits per heavy atom. The highest BCUT2D eigenvalue weighted by Gasteiger charge is 2.33. The van der Waals surface area contributed by atoms with Crippen molar-refractivity contribution < 1.29 is 14.3 Å². The van der Waals surface area contributed by atoms with Crippen LogP contribution in [0.1, 0.15) is 17.5 Å². The third-order valence-electron chi connectivity index (χ3n) is 4.04. The molecule has 1 aromatic carbocycles. The van der Waals surface area contributed by atoms with Crippen LogP contribution in [0.5, 0.6) is 0 Å². The molecule has 0 bridgehead atoms. The fourth-order valence-electron chi connectivity index (χ4n) is 2.72. The van der Waals surface area contributed by atoms with Gasteiger partial charge < -0.3 is 15.0 Å². The Balaban J connectivity index is 1.56. The third kappa shape index (κ3) is 3.96. The Labute approximate surface area is 145 Å². The highest BCUT2D eigenvalue weighted by Crippen LogP contribution is 2.28. The van der Waals surface area contributed by atoms with Crippen LogP contribution in [0.2, 0.25) is 0 Å². The molecule has 1 atom stereocenters. The minimum Gasteiger partial charge on any atom is -0.378 e. The normalized spacial score (nSPS) is 20.9. The molecule has 0 aromatic heterocycles. The van der Waals surface area contributed by atoms with Gasteiger partial charge in [0.15, 0.2) is 5.17 Å². The predicted octanol–water partition coefficient (Wildman–Crippen LogP) is 1.96. The molecule has 6 nitrogen and oxygen atoms in total. The van der Waals surface area contributed by atoms with Crippen LogP contribution in [0.3, 0.4) is 0 Å². The van der Waals surface area contributed by atoms with Crippen molar-refractivity contribution in [3.05, 3.63) is 29.3 Å². The third-order valence-corrected chi connectivity index (χ3v) is 5.25. The zero-order valence-electron chi connectivity index (χ0n) is 13.9. The molecule has 1 fully saturated rings. The molecule has 1 saturated heterocycles. The van der Waals surface area contributed by atoms with Crippen LogP contribution in [0.25, 0.3) is 0 Å². The van der Waals surface area contributed by atoms with Crippen molar-refractivity contribution in [2.75, 3.05) is 31.6 Å². The van der Waals surface area contributed by atoms with Gasteiger partial charge in [0.05, 0.1) is 13.2 Å². The Kier molecular flexibility index (Phi) is 5.20. The van der Waals surface area contributed by atoms with Crippen LogP contribution in [-0.4, -0.2) is 53.4 Å². The molecule has 1 N–H and O–H groups in total. The molecule has 0 radical (unpaired) electrons. The summed E-state index contributed by atoms with van der Waals surface area (Å²) in [6, 6.07) is 5.87. The molecule has 7 heteroatoms. The number of ether oxygens (including phenoxy) is 1. The average Bonchev–Trinajstić information content (AvgIpc) is 2.92. The van der Waals surface area contributed by atoms with E-state index in [-0.39, 0.29) is 18.2 Å². The van der Waals surface area contributed by atoms with E-state index in [9.17, 15) is 9.59 Å². The number of nitrogens with one attached hydrogen (secondary N) is 1. The fraction of sp³-hybridized carbons (Fsp3) is 0.471. The van der Waals surface area contributed by atoms with Crippen molar-refractivity contribution in [2.24, 2.45) is 4.99 Å². The summed E-state index contributed by atoms with van der Waals surface area (Å²) in [5.41, 5.74) is 2.95. The molecule has 0 saturated carbocycles. The molecule has 2 aliphatic heterocycles. The number of carbonyl (C=O) groups is 2. The first kappa shape index (κ1) is 17.0. The number of amides is 2. The number of thioether (sulfide) groups is 1. The molecular formula is C17H21N3O3S. The monoisotopic (exact) mass is 347 g/mol. The topological polar surface area (TPSA) is 71.0 Å². The first-order valence-corrected chi connectivity index (χ1v) is 8.90. The summed E-state index contributed by atoms with van der Waals surface area (Å²) in [5, 5.41) is 3.17. The number of anilines is 1. The number of carbonyl (C=O) groups excluding carboxylic acids is 2.